The lowest BCUT2D eigenvalue weighted by Crippen LogP contribution is -2.22. The summed E-state index contributed by atoms with van der Waals surface area (Å²) >= 11 is 0. The molecule has 0 bridgehead atoms. The summed E-state index contributed by atoms with van der Waals surface area (Å²) in [6, 6.07) is 32.5. The lowest BCUT2D eigenvalue weighted by atomic mass is 10.1. The van der Waals surface area contributed by atoms with E-state index in [1.807, 2.05) is 60.7 Å². The van der Waals surface area contributed by atoms with Crippen molar-refractivity contribution >= 4 is 11.8 Å². The van der Waals surface area contributed by atoms with Crippen LogP contribution in [0.3, 0.4) is 0 Å². The smallest absolute Gasteiger partial charge is 0.251 e. The number of nitriles is 2. The molecule has 0 aliphatic rings. The van der Waals surface area contributed by atoms with Gasteiger partial charge in [0, 0.05) is 24.2 Å². The SMILES string of the molecule is N#Cc1cccc(C(=O)NCc2cccc(OCCCCCOc3cccc(CNC(=O)c4cccc(C#N)c4)c3)c2)c1. The van der Waals surface area contributed by atoms with Crippen molar-refractivity contribution in [3.05, 3.63) is 130 Å². The number of nitrogens with zero attached hydrogens (tertiary/aromatic N) is 2. The quantitative estimate of drug-likeness (QED) is 0.181. The minimum Gasteiger partial charge on any atom is -0.494 e. The predicted molar refractivity (Wildman–Crippen MR) is 162 cm³/mol. The maximum Gasteiger partial charge on any atom is 0.251 e. The summed E-state index contributed by atoms with van der Waals surface area (Å²) in [4.78, 5) is 24.8. The molecule has 0 heterocycles. The normalized spacial score (nSPS) is 10.2. The summed E-state index contributed by atoms with van der Waals surface area (Å²) < 4.78 is 11.8. The van der Waals surface area contributed by atoms with Crippen LogP contribution in [0, 0.1) is 22.7 Å². The monoisotopic (exact) mass is 572 g/mol. The average molecular weight is 573 g/mol. The van der Waals surface area contributed by atoms with Crippen molar-refractivity contribution in [3.8, 4) is 23.6 Å². The van der Waals surface area contributed by atoms with E-state index >= 15 is 0 Å². The van der Waals surface area contributed by atoms with E-state index < -0.39 is 0 Å². The molecule has 2 amide bonds. The van der Waals surface area contributed by atoms with Gasteiger partial charge in [-0.1, -0.05) is 36.4 Å². The minimum atomic E-state index is -0.233. The third kappa shape index (κ3) is 9.77. The second kappa shape index (κ2) is 16.0. The lowest BCUT2D eigenvalue weighted by molar-refractivity contribution is 0.0943. The number of amides is 2. The summed E-state index contributed by atoms with van der Waals surface area (Å²) in [6.07, 6.45) is 2.69. The summed E-state index contributed by atoms with van der Waals surface area (Å²) in [7, 11) is 0. The Hall–Kier alpha value is -5.60. The van der Waals surface area contributed by atoms with E-state index in [0.717, 1.165) is 41.9 Å². The molecule has 4 rings (SSSR count). The van der Waals surface area contributed by atoms with Crippen LogP contribution >= 0.6 is 0 Å². The van der Waals surface area contributed by atoms with Gasteiger partial charge in [0.05, 0.1) is 36.5 Å². The Morgan fingerprint density at radius 1 is 0.581 bits per heavy atom. The van der Waals surface area contributed by atoms with Gasteiger partial charge in [-0.15, -0.1) is 0 Å². The molecule has 0 radical (unpaired) electrons. The topological polar surface area (TPSA) is 124 Å². The summed E-state index contributed by atoms with van der Waals surface area (Å²) in [5, 5.41) is 23.8. The predicted octanol–water partition coefficient (Wildman–Crippen LogP) is 5.92. The fourth-order valence-corrected chi connectivity index (χ4v) is 4.28. The van der Waals surface area contributed by atoms with Gasteiger partial charge in [-0.3, -0.25) is 9.59 Å². The molecule has 0 aliphatic carbocycles. The first-order chi connectivity index (χ1) is 21.0. The van der Waals surface area contributed by atoms with Crippen LogP contribution < -0.4 is 20.1 Å². The zero-order valence-corrected chi connectivity index (χ0v) is 23.7. The summed E-state index contributed by atoms with van der Waals surface area (Å²) in [5.74, 6) is 1.03. The first-order valence-corrected chi connectivity index (χ1v) is 14.0. The van der Waals surface area contributed by atoms with Crippen LogP contribution in [0.1, 0.15) is 62.2 Å². The zero-order chi connectivity index (χ0) is 30.3. The highest BCUT2D eigenvalue weighted by Crippen LogP contribution is 2.16. The van der Waals surface area contributed by atoms with E-state index in [-0.39, 0.29) is 11.8 Å². The van der Waals surface area contributed by atoms with E-state index in [1.54, 1.807) is 48.5 Å². The van der Waals surface area contributed by atoms with E-state index in [0.29, 0.717) is 48.6 Å². The number of ether oxygens (including phenoxy) is 2. The van der Waals surface area contributed by atoms with Crippen LogP contribution in [0.15, 0.2) is 97.1 Å². The van der Waals surface area contributed by atoms with Gasteiger partial charge >= 0.3 is 0 Å². The van der Waals surface area contributed by atoms with Crippen LogP contribution in [-0.2, 0) is 13.1 Å². The number of carbonyl (C=O) groups excluding carboxylic acids is 2. The molecule has 0 atom stereocenters. The van der Waals surface area contributed by atoms with E-state index in [4.69, 9.17) is 20.0 Å². The number of nitrogens with one attached hydrogen (secondary N) is 2. The average Bonchev–Trinajstić information content (AvgIpc) is 3.06. The van der Waals surface area contributed by atoms with E-state index in [9.17, 15) is 9.59 Å². The van der Waals surface area contributed by atoms with Crippen LogP contribution in [-0.4, -0.2) is 25.0 Å². The second-order valence-corrected chi connectivity index (χ2v) is 9.80. The summed E-state index contributed by atoms with van der Waals surface area (Å²) in [6.45, 7) is 1.86. The number of rotatable bonds is 14. The van der Waals surface area contributed by atoms with Gasteiger partial charge in [-0.05, 0) is 91.1 Å². The van der Waals surface area contributed by atoms with Gasteiger partial charge in [0.15, 0.2) is 0 Å². The molecular formula is C35H32N4O4. The highest BCUT2D eigenvalue weighted by Gasteiger charge is 2.08. The third-order valence-corrected chi connectivity index (χ3v) is 6.54. The van der Waals surface area contributed by atoms with Crippen molar-refractivity contribution in [1.29, 1.82) is 10.5 Å². The molecule has 216 valence electrons. The van der Waals surface area contributed by atoms with Gasteiger partial charge < -0.3 is 20.1 Å². The molecule has 0 aromatic heterocycles. The molecule has 43 heavy (non-hydrogen) atoms. The maximum atomic E-state index is 12.4. The number of hydrogen-bond donors (Lipinski definition) is 2. The van der Waals surface area contributed by atoms with E-state index in [2.05, 4.69) is 10.6 Å². The molecule has 0 spiro atoms. The van der Waals surface area contributed by atoms with Crippen molar-refractivity contribution in [3.63, 3.8) is 0 Å². The molecule has 8 nitrogen and oxygen atoms in total. The lowest BCUT2D eigenvalue weighted by Gasteiger charge is -2.10. The Balaban J connectivity index is 1.11. The molecule has 4 aromatic carbocycles. The molecule has 0 unspecified atom stereocenters. The Bertz CT molecular complexity index is 1520. The second-order valence-electron chi connectivity index (χ2n) is 9.80. The van der Waals surface area contributed by atoms with Gasteiger partial charge in [0.1, 0.15) is 11.5 Å². The largest absolute Gasteiger partial charge is 0.494 e. The first kappa shape index (κ1) is 30.4. The standard InChI is InChI=1S/C35H32N4O4/c36-22-26-8-4-12-30(18-26)34(40)38-24-28-10-6-14-32(20-28)42-16-2-1-3-17-43-33-15-7-11-29(21-33)25-39-35(41)31-13-5-9-27(19-31)23-37/h4-15,18-21H,1-3,16-17,24-25H2,(H,38,40)(H,39,41). The van der Waals surface area contributed by atoms with Crippen molar-refractivity contribution in [2.45, 2.75) is 32.4 Å². The minimum absolute atomic E-state index is 0.233. The number of benzene rings is 4. The first-order valence-electron chi connectivity index (χ1n) is 14.0. The van der Waals surface area contributed by atoms with Gasteiger partial charge in [0.2, 0.25) is 0 Å². The molecule has 0 fully saturated rings. The molecule has 2 N–H and O–H groups in total. The fourth-order valence-electron chi connectivity index (χ4n) is 4.28. The van der Waals surface area contributed by atoms with E-state index in [1.165, 1.54) is 0 Å². The van der Waals surface area contributed by atoms with Gasteiger partial charge in [-0.2, -0.15) is 10.5 Å². The highest BCUT2D eigenvalue weighted by molar-refractivity contribution is 5.95. The Kier molecular flexibility index (Phi) is 11.3. The number of carbonyl (C=O) groups is 2. The van der Waals surface area contributed by atoms with Crippen LogP contribution in [0.2, 0.25) is 0 Å². The highest BCUT2D eigenvalue weighted by atomic mass is 16.5. The van der Waals surface area contributed by atoms with Crippen LogP contribution in [0.25, 0.3) is 0 Å². The molecule has 0 saturated carbocycles. The molecular weight excluding hydrogens is 540 g/mol. The Labute approximate surface area is 251 Å². The van der Waals surface area contributed by atoms with Gasteiger partial charge in [-0.25, -0.2) is 0 Å². The van der Waals surface area contributed by atoms with Crippen molar-refractivity contribution in [2.75, 3.05) is 13.2 Å². The number of unbranched alkanes of at least 4 members (excludes halogenated alkanes) is 2. The van der Waals surface area contributed by atoms with Crippen LogP contribution in [0.5, 0.6) is 11.5 Å². The Morgan fingerprint density at radius 2 is 1.02 bits per heavy atom. The molecule has 0 saturated heterocycles. The van der Waals surface area contributed by atoms with Gasteiger partial charge in [0.25, 0.3) is 11.8 Å². The summed E-state index contributed by atoms with van der Waals surface area (Å²) in [5.41, 5.74) is 3.64. The zero-order valence-electron chi connectivity index (χ0n) is 23.7. The fraction of sp³-hybridized carbons (Fsp3) is 0.200. The van der Waals surface area contributed by atoms with Crippen molar-refractivity contribution in [2.24, 2.45) is 0 Å². The molecule has 0 aliphatic heterocycles. The third-order valence-electron chi connectivity index (χ3n) is 6.54. The van der Waals surface area contributed by atoms with Crippen molar-refractivity contribution in [1.82, 2.24) is 10.6 Å². The van der Waals surface area contributed by atoms with Crippen LogP contribution in [0.4, 0.5) is 0 Å². The molecule has 4 aromatic rings. The number of hydrogen-bond acceptors (Lipinski definition) is 6. The Morgan fingerprint density at radius 3 is 1.47 bits per heavy atom. The molecule has 8 heteroatoms. The van der Waals surface area contributed by atoms with Crippen molar-refractivity contribution < 1.29 is 19.1 Å². The maximum absolute atomic E-state index is 12.4.